The van der Waals surface area contributed by atoms with Crippen molar-refractivity contribution in [2.75, 3.05) is 18.6 Å². The highest BCUT2D eigenvalue weighted by atomic mass is 16.5. The summed E-state index contributed by atoms with van der Waals surface area (Å²) in [5, 5.41) is 0. The number of hydrogen-bond acceptors (Lipinski definition) is 5. The molecule has 1 unspecified atom stereocenters. The van der Waals surface area contributed by atoms with Crippen LogP contribution in [-0.2, 0) is 20.1 Å². The molecule has 0 radical (unpaired) electrons. The summed E-state index contributed by atoms with van der Waals surface area (Å²) in [6, 6.07) is 7.82. The van der Waals surface area contributed by atoms with Crippen molar-refractivity contribution >= 4 is 22.8 Å². The minimum absolute atomic E-state index is 0.243. The maximum Gasteiger partial charge on any atom is 0.332 e. The Morgan fingerprint density at radius 2 is 1.97 bits per heavy atom. The number of rotatable bonds is 7. The Bertz CT molecular complexity index is 1210. The second-order valence-corrected chi connectivity index (χ2v) is 8.47. The summed E-state index contributed by atoms with van der Waals surface area (Å²) in [7, 11) is 3.34. The number of unbranched alkanes of at least 4 members (excludes halogenated alkanes) is 3. The SMILES string of the molecule is CCCCCCn1c(=O)c2c(nc3n2CC(C)CN3c2cccc(OC)c2)n(C)c1=O. The van der Waals surface area contributed by atoms with E-state index in [2.05, 4.69) is 18.7 Å². The van der Waals surface area contributed by atoms with Crippen LogP contribution in [0.4, 0.5) is 11.6 Å². The molecular formula is C23H31N5O3. The van der Waals surface area contributed by atoms with Gasteiger partial charge in [0.25, 0.3) is 5.56 Å². The Morgan fingerprint density at radius 1 is 1.16 bits per heavy atom. The normalized spacial score (nSPS) is 16.0. The zero-order valence-electron chi connectivity index (χ0n) is 18.8. The Kier molecular flexibility index (Phi) is 5.89. The molecule has 0 amide bonds. The molecule has 1 aromatic carbocycles. The Morgan fingerprint density at radius 3 is 2.71 bits per heavy atom. The van der Waals surface area contributed by atoms with Crippen LogP contribution >= 0.6 is 0 Å². The predicted octanol–water partition coefficient (Wildman–Crippen LogP) is 3.27. The molecule has 1 aliphatic rings. The highest BCUT2D eigenvalue weighted by molar-refractivity contribution is 5.77. The lowest BCUT2D eigenvalue weighted by Crippen LogP contribution is -2.40. The number of ether oxygens (including phenoxy) is 1. The van der Waals surface area contributed by atoms with Gasteiger partial charge in [-0.05, 0) is 24.5 Å². The molecule has 2 aromatic heterocycles. The molecule has 0 saturated heterocycles. The molecule has 1 aliphatic heterocycles. The fourth-order valence-corrected chi connectivity index (χ4v) is 4.39. The van der Waals surface area contributed by atoms with Crippen molar-refractivity contribution in [3.8, 4) is 5.75 Å². The molecule has 8 heteroatoms. The summed E-state index contributed by atoms with van der Waals surface area (Å²) in [6.45, 7) is 6.21. The minimum Gasteiger partial charge on any atom is -0.497 e. The van der Waals surface area contributed by atoms with Gasteiger partial charge in [0.2, 0.25) is 5.95 Å². The fraction of sp³-hybridized carbons (Fsp3) is 0.522. The van der Waals surface area contributed by atoms with Crippen molar-refractivity contribution < 1.29 is 4.74 Å². The van der Waals surface area contributed by atoms with E-state index in [0.29, 0.717) is 36.1 Å². The number of anilines is 2. The first-order chi connectivity index (χ1) is 15.0. The van der Waals surface area contributed by atoms with E-state index in [1.54, 1.807) is 14.2 Å². The molecule has 4 rings (SSSR count). The van der Waals surface area contributed by atoms with Crippen LogP contribution in [0.2, 0.25) is 0 Å². The Balaban J connectivity index is 1.86. The first-order valence-corrected chi connectivity index (χ1v) is 11.1. The fourth-order valence-electron chi connectivity index (χ4n) is 4.39. The van der Waals surface area contributed by atoms with Crippen molar-refractivity contribution in [2.24, 2.45) is 13.0 Å². The summed E-state index contributed by atoms with van der Waals surface area (Å²) in [5.74, 6) is 1.77. The van der Waals surface area contributed by atoms with Gasteiger partial charge < -0.3 is 14.2 Å². The van der Waals surface area contributed by atoms with Crippen LogP contribution in [0.1, 0.15) is 39.5 Å². The standard InChI is InChI=1S/C23H31N5O3/c1-5-6-7-8-12-26-21(29)19-20(25(3)23(26)30)24-22-27(14-16(2)15-28(19)22)17-10-9-11-18(13-17)31-4/h9-11,13,16H,5-8,12,14-15H2,1-4H3. The largest absolute Gasteiger partial charge is 0.497 e. The molecule has 0 fully saturated rings. The van der Waals surface area contributed by atoms with Crippen LogP contribution in [0, 0.1) is 5.92 Å². The highest BCUT2D eigenvalue weighted by Gasteiger charge is 2.29. The quantitative estimate of drug-likeness (QED) is 0.543. The third kappa shape index (κ3) is 3.75. The summed E-state index contributed by atoms with van der Waals surface area (Å²) in [6.07, 6.45) is 4.05. The molecule has 8 nitrogen and oxygen atoms in total. The van der Waals surface area contributed by atoms with E-state index in [0.717, 1.165) is 43.7 Å². The second kappa shape index (κ2) is 8.61. The molecule has 3 heterocycles. The van der Waals surface area contributed by atoms with Gasteiger partial charge >= 0.3 is 5.69 Å². The van der Waals surface area contributed by atoms with E-state index < -0.39 is 0 Å². The number of imidazole rings is 1. The van der Waals surface area contributed by atoms with Crippen LogP contribution in [0.25, 0.3) is 11.2 Å². The molecule has 0 saturated carbocycles. The van der Waals surface area contributed by atoms with E-state index in [1.165, 1.54) is 9.13 Å². The summed E-state index contributed by atoms with van der Waals surface area (Å²) in [4.78, 5) is 33.2. The van der Waals surface area contributed by atoms with Crippen LogP contribution in [0.5, 0.6) is 5.75 Å². The first-order valence-electron chi connectivity index (χ1n) is 11.1. The molecule has 3 aromatic rings. The van der Waals surface area contributed by atoms with Crippen molar-refractivity contribution in [1.82, 2.24) is 18.7 Å². The number of benzene rings is 1. The number of fused-ring (bicyclic) bond motifs is 3. The molecule has 0 aliphatic carbocycles. The third-order valence-corrected chi connectivity index (χ3v) is 6.04. The lowest BCUT2D eigenvalue weighted by atomic mass is 10.1. The van der Waals surface area contributed by atoms with Gasteiger partial charge in [0.15, 0.2) is 11.2 Å². The van der Waals surface area contributed by atoms with Crippen molar-refractivity contribution in [1.29, 1.82) is 0 Å². The molecule has 31 heavy (non-hydrogen) atoms. The monoisotopic (exact) mass is 425 g/mol. The first kappa shape index (κ1) is 21.2. The van der Waals surface area contributed by atoms with E-state index in [9.17, 15) is 9.59 Å². The van der Waals surface area contributed by atoms with Crippen molar-refractivity contribution in [2.45, 2.75) is 52.6 Å². The maximum absolute atomic E-state index is 13.4. The minimum atomic E-state index is -0.301. The molecule has 1 atom stereocenters. The van der Waals surface area contributed by atoms with Gasteiger partial charge in [-0.3, -0.25) is 13.9 Å². The smallest absolute Gasteiger partial charge is 0.332 e. The van der Waals surface area contributed by atoms with Gasteiger partial charge in [-0.15, -0.1) is 0 Å². The Hall–Kier alpha value is -3.03. The molecular weight excluding hydrogens is 394 g/mol. The highest BCUT2D eigenvalue weighted by Crippen LogP contribution is 2.34. The van der Waals surface area contributed by atoms with E-state index >= 15 is 0 Å². The van der Waals surface area contributed by atoms with Crippen molar-refractivity contribution in [3.63, 3.8) is 0 Å². The molecule has 166 valence electrons. The van der Waals surface area contributed by atoms with Crippen LogP contribution in [0.3, 0.4) is 0 Å². The van der Waals surface area contributed by atoms with Gasteiger partial charge in [-0.2, -0.15) is 4.98 Å². The predicted molar refractivity (Wildman–Crippen MR) is 123 cm³/mol. The number of hydrogen-bond donors (Lipinski definition) is 0. The number of methoxy groups -OCH3 is 1. The average molecular weight is 426 g/mol. The van der Waals surface area contributed by atoms with E-state index in [-0.39, 0.29) is 11.2 Å². The third-order valence-electron chi connectivity index (χ3n) is 6.04. The van der Waals surface area contributed by atoms with Gasteiger partial charge in [-0.25, -0.2) is 4.79 Å². The average Bonchev–Trinajstić information content (AvgIpc) is 3.16. The van der Waals surface area contributed by atoms with Gasteiger partial charge in [-0.1, -0.05) is 39.2 Å². The van der Waals surface area contributed by atoms with Crippen LogP contribution in [-0.4, -0.2) is 32.3 Å². The van der Waals surface area contributed by atoms with Crippen molar-refractivity contribution in [3.05, 3.63) is 45.1 Å². The van der Waals surface area contributed by atoms with Gasteiger partial charge in [0.05, 0.1) is 7.11 Å². The topological polar surface area (TPSA) is 74.3 Å². The summed E-state index contributed by atoms with van der Waals surface area (Å²) < 4.78 is 10.3. The maximum atomic E-state index is 13.4. The lowest BCUT2D eigenvalue weighted by molar-refractivity contribution is 0.414. The van der Waals surface area contributed by atoms with Gasteiger partial charge in [0.1, 0.15) is 5.75 Å². The number of aryl methyl sites for hydroxylation is 1. The second-order valence-electron chi connectivity index (χ2n) is 8.47. The van der Waals surface area contributed by atoms with Crippen LogP contribution in [0.15, 0.2) is 33.9 Å². The zero-order chi connectivity index (χ0) is 22.1. The number of nitrogens with zero attached hydrogens (tertiary/aromatic N) is 5. The van der Waals surface area contributed by atoms with E-state index in [1.807, 2.05) is 28.8 Å². The Labute approximate surface area is 181 Å². The molecule has 0 bridgehead atoms. The molecule has 0 spiro atoms. The van der Waals surface area contributed by atoms with Gasteiger partial charge in [0, 0.05) is 38.4 Å². The van der Waals surface area contributed by atoms with E-state index in [4.69, 9.17) is 9.72 Å². The summed E-state index contributed by atoms with van der Waals surface area (Å²) >= 11 is 0. The summed E-state index contributed by atoms with van der Waals surface area (Å²) in [5.41, 5.74) is 1.36. The zero-order valence-corrected chi connectivity index (χ0v) is 18.8. The molecule has 0 N–H and O–H groups in total. The lowest BCUT2D eigenvalue weighted by Gasteiger charge is -2.33. The number of aromatic nitrogens is 4. The van der Waals surface area contributed by atoms with Crippen LogP contribution < -0.4 is 20.9 Å².